The lowest BCUT2D eigenvalue weighted by Crippen LogP contribution is -2.33. The molecule has 2 amide bonds. The molecule has 1 aliphatic heterocycles. The second kappa shape index (κ2) is 11.5. The number of amides is 2. The van der Waals surface area contributed by atoms with Gasteiger partial charge in [-0.1, -0.05) is 12.2 Å². The van der Waals surface area contributed by atoms with Gasteiger partial charge in [-0.3, -0.25) is 19.3 Å². The molecule has 2 aliphatic rings. The number of hydrogen-bond acceptors (Lipinski definition) is 10. The van der Waals surface area contributed by atoms with Crippen molar-refractivity contribution in [3.05, 3.63) is 91.6 Å². The number of aryl methyl sites for hydroxylation is 2. The van der Waals surface area contributed by atoms with E-state index in [9.17, 15) is 29.1 Å². The molecular formula is C33H29NO10. The minimum atomic E-state index is -0.643. The molecule has 6 rings (SSSR count). The molecule has 0 spiro atoms. The molecule has 0 radical (unpaired) electrons. The molecular weight excluding hydrogens is 570 g/mol. The first-order chi connectivity index (χ1) is 21.1. The van der Waals surface area contributed by atoms with Crippen molar-refractivity contribution in [2.24, 2.45) is 11.8 Å². The maximum Gasteiger partial charge on any atom is 0.336 e. The Bertz CT molecular complexity index is 1960. The van der Waals surface area contributed by atoms with Crippen molar-refractivity contribution >= 4 is 39.7 Å². The highest BCUT2D eigenvalue weighted by Crippen LogP contribution is 2.35. The fourth-order valence-electron chi connectivity index (χ4n) is 5.90. The average molecular weight is 600 g/mol. The van der Waals surface area contributed by atoms with Crippen LogP contribution in [0, 0.1) is 25.7 Å². The lowest BCUT2D eigenvalue weighted by molar-refractivity contribution is -0.146. The molecule has 4 aromatic rings. The summed E-state index contributed by atoms with van der Waals surface area (Å²) in [6.45, 7) is 3.09. The number of rotatable bonds is 8. The van der Waals surface area contributed by atoms with Crippen LogP contribution in [-0.4, -0.2) is 34.3 Å². The Morgan fingerprint density at radius 3 is 2.05 bits per heavy atom. The van der Waals surface area contributed by atoms with Gasteiger partial charge in [0.1, 0.15) is 35.9 Å². The number of nitrogens with zero attached hydrogens (tertiary/aromatic N) is 1. The van der Waals surface area contributed by atoms with Crippen LogP contribution in [0.25, 0.3) is 21.9 Å². The number of carbonyl (C=O) groups excluding carboxylic acids is 3. The van der Waals surface area contributed by atoms with Crippen LogP contribution < -0.4 is 16.0 Å². The van der Waals surface area contributed by atoms with Gasteiger partial charge in [-0.05, 0) is 51.0 Å². The Balaban J connectivity index is 1.15. The quantitative estimate of drug-likeness (QED) is 0.135. The van der Waals surface area contributed by atoms with E-state index in [0.717, 1.165) is 4.90 Å². The summed E-state index contributed by atoms with van der Waals surface area (Å²) in [5.41, 5.74) is 1.23. The van der Waals surface area contributed by atoms with E-state index in [1.165, 1.54) is 18.2 Å². The van der Waals surface area contributed by atoms with Gasteiger partial charge in [0.15, 0.2) is 0 Å². The summed E-state index contributed by atoms with van der Waals surface area (Å²) in [6, 6.07) is 9.09. The van der Waals surface area contributed by atoms with Gasteiger partial charge < -0.3 is 23.4 Å². The number of likely N-dealkylation sites (tertiary alicyclic amines) is 1. The molecule has 1 aliphatic carbocycles. The lowest BCUT2D eigenvalue weighted by Gasteiger charge is -2.15. The Morgan fingerprint density at radius 1 is 0.841 bits per heavy atom. The number of allylic oxidation sites excluding steroid dienone is 2. The fourth-order valence-corrected chi connectivity index (χ4v) is 5.90. The number of ether oxygens (including phenoxy) is 2. The van der Waals surface area contributed by atoms with Crippen molar-refractivity contribution in [1.82, 2.24) is 4.90 Å². The number of aromatic hydroxyl groups is 1. The Hall–Kier alpha value is -5.19. The summed E-state index contributed by atoms with van der Waals surface area (Å²) in [4.78, 5) is 63.6. The van der Waals surface area contributed by atoms with Crippen LogP contribution >= 0.6 is 0 Å². The second-order valence-electron chi connectivity index (χ2n) is 11.0. The number of phenols is 1. The standard InChI is InChI=1S/C33H29NO10/c1-17-25(35)9-7-21-19(13-28(37)43-30(17)21)15-41-26-10-8-22-20(14-29(38)44-31(22)18(26)2)16-42-27(36)11-12-34-32(39)23-5-3-4-6-24(23)33(34)40/h3-4,7-10,13-14,23-24,35H,5-6,11-12,15-16H2,1-2H3/t23-,24-/m1/s1. The summed E-state index contributed by atoms with van der Waals surface area (Å²) in [6.07, 6.45) is 4.70. The third-order valence-corrected chi connectivity index (χ3v) is 8.33. The largest absolute Gasteiger partial charge is 0.508 e. The minimum absolute atomic E-state index is 0.000225. The molecule has 2 atom stereocenters. The number of esters is 1. The molecule has 44 heavy (non-hydrogen) atoms. The van der Waals surface area contributed by atoms with Gasteiger partial charge in [0.25, 0.3) is 0 Å². The zero-order chi connectivity index (χ0) is 31.1. The van der Waals surface area contributed by atoms with E-state index in [4.69, 9.17) is 18.3 Å². The van der Waals surface area contributed by atoms with Crippen LogP contribution in [-0.2, 0) is 32.3 Å². The molecule has 0 unspecified atom stereocenters. The van der Waals surface area contributed by atoms with Crippen molar-refractivity contribution in [2.75, 3.05) is 6.54 Å². The molecule has 11 heteroatoms. The van der Waals surface area contributed by atoms with Crippen LogP contribution in [0.3, 0.4) is 0 Å². The first-order valence-corrected chi connectivity index (χ1v) is 14.2. The zero-order valence-corrected chi connectivity index (χ0v) is 24.1. The predicted molar refractivity (Wildman–Crippen MR) is 157 cm³/mol. The van der Waals surface area contributed by atoms with Gasteiger partial charge in [0.2, 0.25) is 11.8 Å². The van der Waals surface area contributed by atoms with E-state index in [0.29, 0.717) is 51.6 Å². The summed E-state index contributed by atoms with van der Waals surface area (Å²) < 4.78 is 22.2. The van der Waals surface area contributed by atoms with Crippen LogP contribution in [0.1, 0.15) is 41.5 Å². The van der Waals surface area contributed by atoms with Gasteiger partial charge in [0, 0.05) is 51.7 Å². The first-order valence-electron chi connectivity index (χ1n) is 14.2. The van der Waals surface area contributed by atoms with Gasteiger partial charge in [-0.15, -0.1) is 0 Å². The van der Waals surface area contributed by atoms with Crippen molar-refractivity contribution in [2.45, 2.75) is 46.3 Å². The molecule has 3 heterocycles. The maximum atomic E-state index is 12.6. The summed E-state index contributed by atoms with van der Waals surface area (Å²) in [5.74, 6) is -1.43. The topological polar surface area (TPSA) is 154 Å². The van der Waals surface area contributed by atoms with Gasteiger partial charge in [-0.25, -0.2) is 9.59 Å². The third-order valence-electron chi connectivity index (χ3n) is 8.33. The fraction of sp³-hybridized carbons (Fsp3) is 0.303. The van der Waals surface area contributed by atoms with Crippen molar-refractivity contribution < 1.29 is 37.8 Å². The number of imide groups is 1. The number of phenolic OH excluding ortho intramolecular Hbond substituents is 1. The van der Waals surface area contributed by atoms with Crippen LogP contribution in [0.4, 0.5) is 0 Å². The molecule has 11 nitrogen and oxygen atoms in total. The highest BCUT2D eigenvalue weighted by atomic mass is 16.5. The summed E-state index contributed by atoms with van der Waals surface area (Å²) in [5, 5.41) is 11.2. The summed E-state index contributed by atoms with van der Waals surface area (Å²) >= 11 is 0. The molecule has 226 valence electrons. The molecule has 1 fully saturated rings. The first kappa shape index (κ1) is 28.9. The van der Waals surface area contributed by atoms with Crippen molar-refractivity contribution in [3.8, 4) is 11.5 Å². The van der Waals surface area contributed by atoms with E-state index in [1.54, 1.807) is 32.0 Å². The van der Waals surface area contributed by atoms with E-state index < -0.39 is 17.2 Å². The monoisotopic (exact) mass is 599 g/mol. The van der Waals surface area contributed by atoms with Gasteiger partial charge in [-0.2, -0.15) is 0 Å². The minimum Gasteiger partial charge on any atom is -0.508 e. The molecule has 2 aromatic carbocycles. The van der Waals surface area contributed by atoms with Crippen molar-refractivity contribution in [1.29, 1.82) is 0 Å². The maximum absolute atomic E-state index is 12.6. The molecule has 1 saturated heterocycles. The molecule has 0 saturated carbocycles. The van der Waals surface area contributed by atoms with Gasteiger partial charge in [0.05, 0.1) is 18.3 Å². The van der Waals surface area contributed by atoms with E-state index in [2.05, 4.69) is 0 Å². The zero-order valence-electron chi connectivity index (χ0n) is 24.1. The van der Waals surface area contributed by atoms with Crippen LogP contribution in [0.5, 0.6) is 11.5 Å². The SMILES string of the molecule is Cc1c(O)ccc2c(COc3ccc4c(COC(=O)CCN5C(=O)[C@@H]6CC=CC[C@H]6C5=O)cc(=O)oc4c3C)cc(=O)oc12. The second-order valence-corrected chi connectivity index (χ2v) is 11.0. The van der Waals surface area contributed by atoms with Gasteiger partial charge >= 0.3 is 17.2 Å². The third kappa shape index (κ3) is 5.25. The van der Waals surface area contributed by atoms with E-state index >= 15 is 0 Å². The predicted octanol–water partition coefficient (Wildman–Crippen LogP) is 4.19. The Kier molecular flexibility index (Phi) is 7.54. The number of carbonyl (C=O) groups is 3. The number of hydrogen-bond donors (Lipinski definition) is 1. The molecule has 0 bridgehead atoms. The number of fused-ring (bicyclic) bond motifs is 3. The van der Waals surface area contributed by atoms with Crippen LogP contribution in [0.15, 0.2) is 67.0 Å². The lowest BCUT2D eigenvalue weighted by atomic mass is 9.85. The summed E-state index contributed by atoms with van der Waals surface area (Å²) in [7, 11) is 0. The highest BCUT2D eigenvalue weighted by molar-refractivity contribution is 6.05. The number of benzene rings is 2. The van der Waals surface area contributed by atoms with Crippen molar-refractivity contribution in [3.63, 3.8) is 0 Å². The Labute approximate surface area is 250 Å². The average Bonchev–Trinajstić information content (AvgIpc) is 3.25. The molecule has 2 aromatic heterocycles. The van der Waals surface area contributed by atoms with E-state index in [1.807, 2.05) is 12.2 Å². The Morgan fingerprint density at radius 2 is 1.41 bits per heavy atom. The van der Waals surface area contributed by atoms with Crippen LogP contribution in [0.2, 0.25) is 0 Å². The normalized spacial score (nSPS) is 17.8. The highest BCUT2D eigenvalue weighted by Gasteiger charge is 2.47. The van der Waals surface area contributed by atoms with E-state index in [-0.39, 0.29) is 66.7 Å². The smallest absolute Gasteiger partial charge is 0.336 e. The molecule has 1 N–H and O–H groups in total.